The minimum absolute atomic E-state index is 0.0685. The maximum Gasteiger partial charge on any atom is 0.317 e. The van der Waals surface area contributed by atoms with E-state index in [-0.39, 0.29) is 4.90 Å². The lowest BCUT2D eigenvalue weighted by molar-refractivity contribution is -0.00879. The SMILES string of the molecule is COc1ccc(S(=O)(=O)ON(C)C(=O)c2ccccc2)cc1. The van der Waals surface area contributed by atoms with Gasteiger partial charge in [-0.05, 0) is 36.4 Å². The van der Waals surface area contributed by atoms with Crippen LogP contribution in [-0.2, 0) is 14.4 Å². The molecule has 0 aliphatic carbocycles. The number of carbonyl (C=O) groups is 1. The number of hydrogen-bond acceptors (Lipinski definition) is 5. The summed E-state index contributed by atoms with van der Waals surface area (Å²) in [5, 5.41) is 0.689. The fourth-order valence-corrected chi connectivity index (χ4v) is 2.65. The summed E-state index contributed by atoms with van der Waals surface area (Å²) in [4.78, 5) is 12.0. The molecule has 2 rings (SSSR count). The van der Waals surface area contributed by atoms with Crippen molar-refractivity contribution in [1.82, 2.24) is 5.06 Å². The van der Waals surface area contributed by atoms with Crippen molar-refractivity contribution < 1.29 is 22.2 Å². The third-order valence-electron chi connectivity index (χ3n) is 2.86. The van der Waals surface area contributed by atoms with Gasteiger partial charge in [-0.15, -0.1) is 4.28 Å². The van der Waals surface area contributed by atoms with E-state index >= 15 is 0 Å². The molecular weight excluding hydrogens is 306 g/mol. The maximum atomic E-state index is 12.1. The largest absolute Gasteiger partial charge is 0.497 e. The van der Waals surface area contributed by atoms with E-state index in [0.29, 0.717) is 16.4 Å². The van der Waals surface area contributed by atoms with Crippen molar-refractivity contribution in [2.24, 2.45) is 0 Å². The van der Waals surface area contributed by atoms with E-state index in [1.807, 2.05) is 0 Å². The minimum Gasteiger partial charge on any atom is -0.497 e. The Kier molecular flexibility index (Phi) is 4.79. The first-order valence-corrected chi connectivity index (χ1v) is 7.76. The minimum atomic E-state index is -4.09. The van der Waals surface area contributed by atoms with E-state index in [1.54, 1.807) is 30.3 Å². The highest BCUT2D eigenvalue weighted by molar-refractivity contribution is 7.86. The van der Waals surface area contributed by atoms with Gasteiger partial charge in [0.15, 0.2) is 0 Å². The lowest BCUT2D eigenvalue weighted by atomic mass is 10.2. The van der Waals surface area contributed by atoms with Crippen molar-refractivity contribution >= 4 is 16.0 Å². The van der Waals surface area contributed by atoms with Crippen LogP contribution in [0.25, 0.3) is 0 Å². The van der Waals surface area contributed by atoms with Gasteiger partial charge in [-0.3, -0.25) is 4.79 Å². The Morgan fingerprint density at radius 1 is 1.00 bits per heavy atom. The number of rotatable bonds is 5. The van der Waals surface area contributed by atoms with Crippen molar-refractivity contribution in [3.63, 3.8) is 0 Å². The van der Waals surface area contributed by atoms with Gasteiger partial charge in [0.25, 0.3) is 5.91 Å². The Morgan fingerprint density at radius 2 is 1.59 bits per heavy atom. The fourth-order valence-electron chi connectivity index (χ4n) is 1.73. The van der Waals surface area contributed by atoms with E-state index < -0.39 is 16.0 Å². The van der Waals surface area contributed by atoms with E-state index in [9.17, 15) is 13.2 Å². The number of hydroxylamine groups is 2. The van der Waals surface area contributed by atoms with Crippen LogP contribution in [0, 0.1) is 0 Å². The number of amides is 1. The second kappa shape index (κ2) is 6.59. The molecule has 116 valence electrons. The first-order valence-electron chi connectivity index (χ1n) is 6.36. The molecule has 7 heteroatoms. The van der Waals surface area contributed by atoms with E-state index in [0.717, 1.165) is 0 Å². The highest BCUT2D eigenvalue weighted by Crippen LogP contribution is 2.18. The highest BCUT2D eigenvalue weighted by atomic mass is 32.2. The van der Waals surface area contributed by atoms with Gasteiger partial charge < -0.3 is 4.74 Å². The average molecular weight is 321 g/mol. The van der Waals surface area contributed by atoms with Crippen LogP contribution in [0.5, 0.6) is 5.75 Å². The zero-order chi connectivity index (χ0) is 16.2. The smallest absolute Gasteiger partial charge is 0.317 e. The summed E-state index contributed by atoms with van der Waals surface area (Å²) in [5.41, 5.74) is 0.329. The van der Waals surface area contributed by atoms with Crippen molar-refractivity contribution in [1.29, 1.82) is 0 Å². The van der Waals surface area contributed by atoms with Crippen LogP contribution in [0.15, 0.2) is 59.5 Å². The molecule has 0 fully saturated rings. The van der Waals surface area contributed by atoms with Gasteiger partial charge in [0.1, 0.15) is 5.75 Å². The van der Waals surface area contributed by atoms with Crippen LogP contribution in [0.3, 0.4) is 0 Å². The standard InChI is InChI=1S/C15H15NO5S/c1-16(15(17)12-6-4-3-5-7-12)21-22(18,19)14-10-8-13(20-2)9-11-14/h3-11H,1-2H3. The Morgan fingerprint density at radius 3 is 2.14 bits per heavy atom. The van der Waals surface area contributed by atoms with Gasteiger partial charge in [-0.1, -0.05) is 18.2 Å². The van der Waals surface area contributed by atoms with Gasteiger partial charge in [-0.2, -0.15) is 8.42 Å². The molecule has 0 aliphatic rings. The molecule has 0 unspecified atom stereocenters. The second-order valence-corrected chi connectivity index (χ2v) is 5.90. The number of carbonyl (C=O) groups excluding carboxylic acids is 1. The van der Waals surface area contributed by atoms with E-state index in [4.69, 9.17) is 9.02 Å². The van der Waals surface area contributed by atoms with Gasteiger partial charge in [0, 0.05) is 12.6 Å². The summed E-state index contributed by atoms with van der Waals surface area (Å²) < 4.78 is 34.0. The molecule has 2 aromatic carbocycles. The molecule has 0 atom stereocenters. The third kappa shape index (κ3) is 3.63. The first-order chi connectivity index (χ1) is 10.4. The number of ether oxygens (including phenoxy) is 1. The van der Waals surface area contributed by atoms with Gasteiger partial charge in [0.05, 0.1) is 12.0 Å². The van der Waals surface area contributed by atoms with Gasteiger partial charge in [0.2, 0.25) is 0 Å². The van der Waals surface area contributed by atoms with Crippen LogP contribution < -0.4 is 4.74 Å². The lowest BCUT2D eigenvalue weighted by Crippen LogP contribution is -2.29. The number of benzene rings is 2. The maximum absolute atomic E-state index is 12.1. The average Bonchev–Trinajstić information content (AvgIpc) is 2.54. The molecule has 1 amide bonds. The van der Waals surface area contributed by atoms with Crippen LogP contribution in [0.4, 0.5) is 0 Å². The van der Waals surface area contributed by atoms with Crippen molar-refractivity contribution in [3.05, 3.63) is 60.2 Å². The summed E-state index contributed by atoms with van der Waals surface area (Å²) in [6.07, 6.45) is 0. The van der Waals surface area contributed by atoms with Crippen LogP contribution in [-0.4, -0.2) is 33.5 Å². The molecule has 6 nitrogen and oxygen atoms in total. The summed E-state index contributed by atoms with van der Waals surface area (Å²) in [6.45, 7) is 0. The highest BCUT2D eigenvalue weighted by Gasteiger charge is 2.22. The summed E-state index contributed by atoms with van der Waals surface area (Å²) in [6, 6.07) is 13.9. The molecule has 0 aliphatic heterocycles. The normalized spacial score (nSPS) is 11.0. The van der Waals surface area contributed by atoms with Gasteiger partial charge >= 0.3 is 10.1 Å². The lowest BCUT2D eigenvalue weighted by Gasteiger charge is -2.16. The molecule has 0 saturated heterocycles. The Hall–Kier alpha value is -2.38. The van der Waals surface area contributed by atoms with Crippen LogP contribution in [0.1, 0.15) is 10.4 Å². The number of hydrogen-bond donors (Lipinski definition) is 0. The van der Waals surface area contributed by atoms with E-state index in [1.165, 1.54) is 38.4 Å². The molecule has 2 aromatic rings. The molecule has 0 saturated carbocycles. The predicted molar refractivity (Wildman–Crippen MR) is 79.8 cm³/mol. The molecule has 0 heterocycles. The van der Waals surface area contributed by atoms with Crippen molar-refractivity contribution in [2.45, 2.75) is 4.90 Å². The predicted octanol–water partition coefficient (Wildman–Crippen LogP) is 2.09. The molecule has 0 aromatic heterocycles. The zero-order valence-corrected chi connectivity index (χ0v) is 12.9. The second-order valence-electron chi connectivity index (χ2n) is 4.37. The summed E-state index contributed by atoms with van der Waals surface area (Å²) in [5.74, 6) is -0.0367. The molecule has 0 spiro atoms. The fraction of sp³-hybridized carbons (Fsp3) is 0.133. The third-order valence-corrected chi connectivity index (χ3v) is 4.13. The molecular formula is C15H15NO5S. The molecule has 0 bridgehead atoms. The topological polar surface area (TPSA) is 72.9 Å². The molecule has 22 heavy (non-hydrogen) atoms. The molecule has 0 radical (unpaired) electrons. The zero-order valence-electron chi connectivity index (χ0n) is 12.1. The van der Waals surface area contributed by atoms with Crippen LogP contribution >= 0.6 is 0 Å². The number of nitrogens with zero attached hydrogens (tertiary/aromatic N) is 1. The van der Waals surface area contributed by atoms with Crippen molar-refractivity contribution in [3.8, 4) is 5.75 Å². The van der Waals surface area contributed by atoms with Crippen molar-refractivity contribution in [2.75, 3.05) is 14.2 Å². The Labute approximate surface area is 129 Å². The summed E-state index contributed by atoms with van der Waals surface area (Å²) >= 11 is 0. The quantitative estimate of drug-likeness (QED) is 0.788. The Bertz CT molecular complexity index is 741. The van der Waals surface area contributed by atoms with Crippen LogP contribution in [0.2, 0.25) is 0 Å². The number of methoxy groups -OCH3 is 1. The monoisotopic (exact) mass is 321 g/mol. The van der Waals surface area contributed by atoms with E-state index in [2.05, 4.69) is 0 Å². The van der Waals surface area contributed by atoms with Gasteiger partial charge in [-0.25, -0.2) is 5.06 Å². The molecule has 0 N–H and O–H groups in total. The Balaban J connectivity index is 2.15. The first kappa shape index (κ1) is 16.0. The summed E-state index contributed by atoms with van der Waals surface area (Å²) in [7, 11) is -1.36.